The molecule has 5 nitrogen and oxygen atoms in total. The number of esters is 1. The summed E-state index contributed by atoms with van der Waals surface area (Å²) in [6.07, 6.45) is 0. The summed E-state index contributed by atoms with van der Waals surface area (Å²) in [5.41, 5.74) is 0. The molecule has 1 aromatic carbocycles. The van der Waals surface area contributed by atoms with Gasteiger partial charge in [0.15, 0.2) is 5.75 Å². The van der Waals surface area contributed by atoms with E-state index in [4.69, 9.17) is 4.55 Å². The van der Waals surface area contributed by atoms with Crippen molar-refractivity contribution >= 4 is 63.9 Å². The molecule has 0 saturated carbocycles. The van der Waals surface area contributed by atoms with Crippen molar-refractivity contribution in [3.8, 4) is 5.75 Å². The first kappa shape index (κ1) is 17.0. The van der Waals surface area contributed by atoms with Gasteiger partial charge in [0.1, 0.15) is 0 Å². The van der Waals surface area contributed by atoms with Crippen molar-refractivity contribution in [2.24, 2.45) is 0 Å². The number of hydrogen-bond donors (Lipinski definition) is 1. The molecule has 0 bridgehead atoms. The molecule has 1 rings (SSSR count). The van der Waals surface area contributed by atoms with Crippen molar-refractivity contribution in [3.05, 3.63) is 25.6 Å². The fourth-order valence-electron chi connectivity index (χ4n) is 0.884. The minimum absolute atomic E-state index is 0.119. The van der Waals surface area contributed by atoms with Gasteiger partial charge in [0, 0.05) is 4.47 Å². The summed E-state index contributed by atoms with van der Waals surface area (Å²) in [6, 6.07) is 2.78. The van der Waals surface area contributed by atoms with Crippen LogP contribution in [-0.4, -0.2) is 24.2 Å². The lowest BCUT2D eigenvalue weighted by molar-refractivity contribution is -0.151. The molecule has 106 valence electrons. The van der Waals surface area contributed by atoms with Crippen molar-refractivity contribution in [3.63, 3.8) is 0 Å². The van der Waals surface area contributed by atoms with Crippen LogP contribution < -0.4 is 4.74 Å². The van der Waals surface area contributed by atoms with Crippen LogP contribution >= 0.6 is 47.8 Å². The van der Waals surface area contributed by atoms with Crippen LogP contribution in [0.2, 0.25) is 0 Å². The molecule has 0 amide bonds. The minimum atomic E-state index is -5.90. The molecule has 0 fully saturated rings. The summed E-state index contributed by atoms with van der Waals surface area (Å²) < 4.78 is 60.1. The highest BCUT2D eigenvalue weighted by atomic mass is 79.9. The molecule has 0 aliphatic carbocycles. The van der Waals surface area contributed by atoms with Gasteiger partial charge in [-0.2, -0.15) is 17.2 Å². The highest BCUT2D eigenvalue weighted by Crippen LogP contribution is 2.37. The Morgan fingerprint density at radius 3 is 2.00 bits per heavy atom. The molecule has 0 aliphatic rings. The standard InChI is InChI=1S/C8H3Br3F2O5S/c9-3-1-4(10)6(5(11)2-3)18-7(14)8(12,13)19(15,16)17/h1-2H,(H,15,16,17). The van der Waals surface area contributed by atoms with E-state index in [2.05, 4.69) is 52.5 Å². The van der Waals surface area contributed by atoms with E-state index in [9.17, 15) is 22.0 Å². The number of carbonyl (C=O) groups excluding carboxylic acids is 1. The third kappa shape index (κ3) is 3.72. The summed E-state index contributed by atoms with van der Waals surface area (Å²) in [7, 11) is -5.90. The second-order valence-electron chi connectivity index (χ2n) is 3.08. The monoisotopic (exact) mass is 486 g/mol. The summed E-state index contributed by atoms with van der Waals surface area (Å²) in [5, 5.41) is -5.06. The van der Waals surface area contributed by atoms with Gasteiger partial charge in [0.05, 0.1) is 8.95 Å². The van der Waals surface area contributed by atoms with E-state index < -0.39 is 21.3 Å². The summed E-state index contributed by atoms with van der Waals surface area (Å²) in [5.74, 6) is -2.77. The lowest BCUT2D eigenvalue weighted by Crippen LogP contribution is -2.40. The fraction of sp³-hybridized carbons (Fsp3) is 0.125. The lowest BCUT2D eigenvalue weighted by atomic mass is 10.3. The Bertz CT molecular complexity index is 608. The molecular weight excluding hydrogens is 486 g/mol. The average molecular weight is 489 g/mol. The molecule has 0 aromatic heterocycles. The molecule has 0 atom stereocenters. The zero-order valence-electron chi connectivity index (χ0n) is 8.53. The van der Waals surface area contributed by atoms with Gasteiger partial charge >= 0.3 is 21.3 Å². The molecule has 11 heteroatoms. The first-order valence-corrected chi connectivity index (χ1v) is 8.00. The smallest absolute Gasteiger partial charge is 0.419 e. The zero-order valence-corrected chi connectivity index (χ0v) is 14.1. The Kier molecular flexibility index (Phi) is 5.10. The first-order chi connectivity index (χ1) is 8.46. The van der Waals surface area contributed by atoms with Crippen LogP contribution in [0.15, 0.2) is 25.6 Å². The zero-order chi connectivity index (χ0) is 15.0. The normalized spacial score (nSPS) is 12.3. The Morgan fingerprint density at radius 2 is 1.63 bits per heavy atom. The highest BCUT2D eigenvalue weighted by Gasteiger charge is 2.54. The third-order valence-electron chi connectivity index (χ3n) is 1.72. The van der Waals surface area contributed by atoms with Crippen LogP contribution in [0.25, 0.3) is 0 Å². The maximum Gasteiger partial charge on any atom is 0.466 e. The van der Waals surface area contributed by atoms with Crippen LogP contribution in [0.5, 0.6) is 5.75 Å². The van der Waals surface area contributed by atoms with Crippen molar-refractivity contribution in [2.75, 3.05) is 0 Å². The van der Waals surface area contributed by atoms with Gasteiger partial charge in [-0.1, -0.05) is 15.9 Å². The van der Waals surface area contributed by atoms with E-state index in [0.717, 1.165) is 0 Å². The number of alkyl halides is 2. The SMILES string of the molecule is O=C(Oc1c(Br)cc(Br)cc1Br)C(F)(F)S(=O)(=O)O. The lowest BCUT2D eigenvalue weighted by Gasteiger charge is -2.13. The minimum Gasteiger partial charge on any atom is -0.419 e. The molecule has 19 heavy (non-hydrogen) atoms. The Labute approximate surface area is 131 Å². The molecule has 0 heterocycles. The second-order valence-corrected chi connectivity index (χ2v) is 7.17. The molecular formula is C8H3Br3F2O5S. The van der Waals surface area contributed by atoms with E-state index in [1.807, 2.05) is 0 Å². The predicted octanol–water partition coefficient (Wildman–Crippen LogP) is 3.36. The molecule has 0 spiro atoms. The molecule has 0 aliphatic heterocycles. The van der Waals surface area contributed by atoms with Crippen molar-refractivity contribution in [2.45, 2.75) is 5.25 Å². The van der Waals surface area contributed by atoms with Gasteiger partial charge in [-0.25, -0.2) is 4.79 Å². The Balaban J connectivity index is 3.15. The van der Waals surface area contributed by atoms with Gasteiger partial charge in [0.25, 0.3) is 0 Å². The maximum absolute atomic E-state index is 13.0. The average Bonchev–Trinajstić information content (AvgIpc) is 2.21. The molecule has 0 radical (unpaired) electrons. The van der Waals surface area contributed by atoms with Crippen molar-refractivity contribution < 1.29 is 31.3 Å². The molecule has 0 saturated heterocycles. The second kappa shape index (κ2) is 5.72. The summed E-state index contributed by atoms with van der Waals surface area (Å²) in [4.78, 5) is 11.1. The van der Waals surface area contributed by atoms with E-state index in [0.29, 0.717) is 4.47 Å². The first-order valence-electron chi connectivity index (χ1n) is 4.18. The van der Waals surface area contributed by atoms with Gasteiger partial charge < -0.3 is 4.74 Å². The predicted molar refractivity (Wildman–Crippen MR) is 71.7 cm³/mol. The summed E-state index contributed by atoms with van der Waals surface area (Å²) in [6.45, 7) is 0. The highest BCUT2D eigenvalue weighted by molar-refractivity contribution is 9.11. The van der Waals surface area contributed by atoms with E-state index in [-0.39, 0.29) is 14.7 Å². The Hall–Kier alpha value is -0.100. The maximum atomic E-state index is 13.0. The van der Waals surface area contributed by atoms with Crippen molar-refractivity contribution in [1.82, 2.24) is 0 Å². The molecule has 0 unspecified atom stereocenters. The van der Waals surface area contributed by atoms with Gasteiger partial charge in [-0.05, 0) is 44.0 Å². The number of rotatable bonds is 3. The van der Waals surface area contributed by atoms with E-state index in [1.54, 1.807) is 0 Å². The largest absolute Gasteiger partial charge is 0.466 e. The van der Waals surface area contributed by atoms with Crippen LogP contribution in [-0.2, 0) is 14.9 Å². The topological polar surface area (TPSA) is 80.7 Å². The van der Waals surface area contributed by atoms with Crippen LogP contribution in [0.4, 0.5) is 8.78 Å². The Morgan fingerprint density at radius 1 is 1.21 bits per heavy atom. The number of carbonyl (C=O) groups is 1. The third-order valence-corrected chi connectivity index (χ3v) is 4.17. The molecule has 1 N–H and O–H groups in total. The molecule has 1 aromatic rings. The number of benzene rings is 1. The number of hydrogen-bond acceptors (Lipinski definition) is 4. The van der Waals surface area contributed by atoms with Gasteiger partial charge in [-0.15, -0.1) is 0 Å². The van der Waals surface area contributed by atoms with Crippen LogP contribution in [0.3, 0.4) is 0 Å². The van der Waals surface area contributed by atoms with Crippen LogP contribution in [0, 0.1) is 0 Å². The van der Waals surface area contributed by atoms with E-state index >= 15 is 0 Å². The van der Waals surface area contributed by atoms with Gasteiger partial charge in [-0.3, -0.25) is 4.55 Å². The van der Waals surface area contributed by atoms with Gasteiger partial charge in [0.2, 0.25) is 0 Å². The fourth-order valence-corrected chi connectivity index (χ4v) is 3.56. The van der Waals surface area contributed by atoms with Crippen LogP contribution in [0.1, 0.15) is 0 Å². The van der Waals surface area contributed by atoms with E-state index in [1.165, 1.54) is 12.1 Å². The quantitative estimate of drug-likeness (QED) is 0.401. The van der Waals surface area contributed by atoms with Crippen molar-refractivity contribution in [1.29, 1.82) is 0 Å². The summed E-state index contributed by atoms with van der Waals surface area (Å²) >= 11 is 9.00. The number of ether oxygens (including phenoxy) is 1. The number of halogens is 5.